The molecule has 0 atom stereocenters. The Hall–Kier alpha value is -1.06. The van der Waals surface area contributed by atoms with E-state index >= 15 is 0 Å². The summed E-state index contributed by atoms with van der Waals surface area (Å²) in [6.07, 6.45) is -4.00. The molecular formula is C13H15F7O5S3. The second kappa shape index (κ2) is 7.32. The average Bonchev–Trinajstić information content (AvgIpc) is 2.43. The van der Waals surface area contributed by atoms with E-state index in [9.17, 15) is 47.6 Å². The molecule has 0 radical (unpaired) electrons. The van der Waals surface area contributed by atoms with Crippen LogP contribution in [0.2, 0.25) is 0 Å². The lowest BCUT2D eigenvalue weighted by atomic mass is 10.2. The normalized spacial score (nSPS) is 15.5. The molecule has 5 nitrogen and oxygen atoms in total. The van der Waals surface area contributed by atoms with Gasteiger partial charge in [0.15, 0.2) is 9.84 Å². The lowest BCUT2D eigenvalue weighted by Gasteiger charge is -2.34. The minimum Gasteiger partial charge on any atom is -0.224 e. The third-order valence-electron chi connectivity index (χ3n) is 3.18. The van der Waals surface area contributed by atoms with Crippen molar-refractivity contribution in [2.75, 3.05) is 18.8 Å². The van der Waals surface area contributed by atoms with Crippen LogP contribution in [-0.4, -0.2) is 53.0 Å². The minimum absolute atomic E-state index is 0.103. The van der Waals surface area contributed by atoms with Gasteiger partial charge in [0.2, 0.25) is 0 Å². The fraction of sp³-hybridized carbons (Fsp3) is 0.538. The van der Waals surface area contributed by atoms with Gasteiger partial charge in [0, 0.05) is 12.0 Å². The van der Waals surface area contributed by atoms with E-state index in [1.54, 1.807) is 0 Å². The standard InChI is InChI=1S/C13H15F7O5S3/c1-26(2,8-9-4-6-10(7-5-9)27(3,21)22)25-28(23,24)13(19,20)11(14,15)12(16,17)18/h4-7H,8H2,1-3H3. The van der Waals surface area contributed by atoms with Crippen molar-refractivity contribution < 1.29 is 51.2 Å². The fourth-order valence-corrected chi connectivity index (χ4v) is 6.40. The number of rotatable bonds is 7. The van der Waals surface area contributed by atoms with Crippen LogP contribution in [-0.2, 0) is 29.3 Å². The summed E-state index contributed by atoms with van der Waals surface area (Å²) in [7, 11) is -13.4. The highest BCUT2D eigenvalue weighted by Crippen LogP contribution is 2.54. The third-order valence-corrected chi connectivity index (χ3v) is 8.41. The number of hydrogen-bond donors (Lipinski definition) is 0. The third kappa shape index (κ3) is 5.10. The SMILES string of the molecule is CS(C)(Cc1ccc(S(C)(=O)=O)cc1)OS(=O)(=O)C(F)(F)C(F)(F)C(F)(F)F. The number of halogens is 7. The van der Waals surface area contributed by atoms with Crippen LogP contribution in [0.25, 0.3) is 0 Å². The largest absolute Gasteiger partial charge is 0.461 e. The zero-order chi connectivity index (χ0) is 22.4. The van der Waals surface area contributed by atoms with Gasteiger partial charge in [0.25, 0.3) is 0 Å². The van der Waals surface area contributed by atoms with Crippen molar-refractivity contribution in [3.63, 3.8) is 0 Å². The maximum atomic E-state index is 13.5. The molecule has 0 amide bonds. The van der Waals surface area contributed by atoms with Gasteiger partial charge in [0.05, 0.1) is 4.90 Å². The van der Waals surface area contributed by atoms with Crippen LogP contribution >= 0.6 is 10.3 Å². The first kappa shape index (κ1) is 25.0. The van der Waals surface area contributed by atoms with Crippen LogP contribution < -0.4 is 0 Å². The van der Waals surface area contributed by atoms with Gasteiger partial charge in [-0.05, 0) is 30.2 Å². The predicted octanol–water partition coefficient (Wildman–Crippen LogP) is 3.71. The van der Waals surface area contributed by atoms with Crippen molar-refractivity contribution in [1.29, 1.82) is 0 Å². The second-order valence-electron chi connectivity index (χ2n) is 6.11. The van der Waals surface area contributed by atoms with E-state index in [1.807, 2.05) is 0 Å². The Morgan fingerprint density at radius 2 is 1.25 bits per heavy atom. The Kier molecular flexibility index (Phi) is 6.53. The fourth-order valence-electron chi connectivity index (χ4n) is 1.87. The van der Waals surface area contributed by atoms with Gasteiger partial charge < -0.3 is 0 Å². The summed E-state index contributed by atoms with van der Waals surface area (Å²) in [5.74, 6) is -7.31. The number of hydrogen-bond acceptors (Lipinski definition) is 5. The van der Waals surface area contributed by atoms with Gasteiger partial charge in [-0.1, -0.05) is 12.1 Å². The van der Waals surface area contributed by atoms with Gasteiger partial charge in [0.1, 0.15) is 0 Å². The molecule has 0 saturated heterocycles. The molecule has 0 aliphatic carbocycles. The molecule has 164 valence electrons. The van der Waals surface area contributed by atoms with Crippen molar-refractivity contribution >= 4 is 30.3 Å². The van der Waals surface area contributed by atoms with E-state index in [4.69, 9.17) is 0 Å². The van der Waals surface area contributed by atoms with Crippen molar-refractivity contribution in [2.24, 2.45) is 0 Å². The first-order valence-corrected chi connectivity index (χ1v) is 12.8. The Labute approximate surface area is 158 Å². The highest BCUT2D eigenvalue weighted by Gasteiger charge is 2.79. The zero-order valence-electron chi connectivity index (χ0n) is 14.4. The smallest absolute Gasteiger partial charge is 0.224 e. The Bertz CT molecular complexity index is 920. The molecule has 0 bridgehead atoms. The summed E-state index contributed by atoms with van der Waals surface area (Å²) >= 11 is 0. The molecular weight excluding hydrogens is 465 g/mol. The zero-order valence-corrected chi connectivity index (χ0v) is 16.9. The molecule has 28 heavy (non-hydrogen) atoms. The molecule has 0 heterocycles. The summed E-state index contributed by atoms with van der Waals surface area (Å²) in [6, 6.07) is 4.65. The van der Waals surface area contributed by atoms with Crippen LogP contribution in [0.15, 0.2) is 29.2 Å². The Morgan fingerprint density at radius 1 is 0.821 bits per heavy atom. The predicted molar refractivity (Wildman–Crippen MR) is 88.6 cm³/mol. The molecule has 0 aliphatic rings. The van der Waals surface area contributed by atoms with E-state index in [0.717, 1.165) is 30.9 Å². The molecule has 0 fully saturated rings. The molecule has 15 heteroatoms. The highest BCUT2D eigenvalue weighted by atomic mass is 32.3. The molecule has 0 N–H and O–H groups in total. The summed E-state index contributed by atoms with van der Waals surface area (Å²) in [5, 5.41) is -6.55. The molecule has 1 rings (SSSR count). The summed E-state index contributed by atoms with van der Waals surface area (Å²) in [6.45, 7) is 0. The van der Waals surface area contributed by atoms with Crippen molar-refractivity contribution in [1.82, 2.24) is 0 Å². The summed E-state index contributed by atoms with van der Waals surface area (Å²) in [4.78, 5) is -0.103. The van der Waals surface area contributed by atoms with Crippen LogP contribution in [0.5, 0.6) is 0 Å². The van der Waals surface area contributed by atoms with E-state index in [-0.39, 0.29) is 10.5 Å². The average molecular weight is 480 g/mol. The summed E-state index contributed by atoms with van der Waals surface area (Å²) < 4.78 is 139. The molecule has 1 aromatic carbocycles. The molecule has 0 saturated carbocycles. The Balaban J connectivity index is 3.13. The molecule has 0 spiro atoms. The molecule has 0 unspecified atom stereocenters. The maximum Gasteiger partial charge on any atom is 0.461 e. The van der Waals surface area contributed by atoms with Gasteiger partial charge >= 0.3 is 27.5 Å². The quantitative estimate of drug-likeness (QED) is 0.557. The van der Waals surface area contributed by atoms with Crippen molar-refractivity contribution in [3.8, 4) is 0 Å². The monoisotopic (exact) mass is 480 g/mol. The van der Waals surface area contributed by atoms with Crippen LogP contribution in [0, 0.1) is 0 Å². The van der Waals surface area contributed by atoms with E-state index in [2.05, 4.69) is 3.63 Å². The first-order valence-electron chi connectivity index (χ1n) is 6.92. The van der Waals surface area contributed by atoms with E-state index in [0.29, 0.717) is 0 Å². The Morgan fingerprint density at radius 3 is 1.61 bits per heavy atom. The topological polar surface area (TPSA) is 77.5 Å². The van der Waals surface area contributed by atoms with E-state index in [1.165, 1.54) is 12.1 Å². The second-order valence-corrected chi connectivity index (χ2v) is 13.3. The maximum absolute atomic E-state index is 13.5. The molecule has 0 aliphatic heterocycles. The molecule has 0 aromatic heterocycles. The van der Waals surface area contributed by atoms with Crippen LogP contribution in [0.3, 0.4) is 0 Å². The van der Waals surface area contributed by atoms with E-state index < -0.39 is 53.4 Å². The van der Waals surface area contributed by atoms with Gasteiger partial charge in [-0.2, -0.15) is 39.2 Å². The minimum atomic E-state index is -6.87. The van der Waals surface area contributed by atoms with Crippen LogP contribution in [0.1, 0.15) is 5.56 Å². The lowest BCUT2D eigenvalue weighted by molar-refractivity contribution is -0.333. The van der Waals surface area contributed by atoms with Crippen molar-refractivity contribution in [2.45, 2.75) is 28.0 Å². The molecule has 1 aromatic rings. The lowest BCUT2D eigenvalue weighted by Crippen LogP contribution is -2.56. The number of sulfone groups is 1. The van der Waals surface area contributed by atoms with Gasteiger partial charge in [-0.15, -0.1) is 10.3 Å². The van der Waals surface area contributed by atoms with Crippen molar-refractivity contribution in [3.05, 3.63) is 29.8 Å². The number of alkyl halides is 7. The first-order chi connectivity index (χ1) is 12.1. The highest BCUT2D eigenvalue weighted by molar-refractivity contribution is 8.31. The summed E-state index contributed by atoms with van der Waals surface area (Å²) in [5.41, 5.74) is 0.188. The number of benzene rings is 1. The van der Waals surface area contributed by atoms with Gasteiger partial charge in [-0.25, -0.2) is 12.0 Å². The van der Waals surface area contributed by atoms with Gasteiger partial charge in [-0.3, -0.25) is 0 Å². The van der Waals surface area contributed by atoms with Crippen LogP contribution in [0.4, 0.5) is 30.7 Å².